The van der Waals surface area contributed by atoms with Crippen molar-refractivity contribution in [3.8, 4) is 0 Å². The maximum Gasteiger partial charge on any atom is 0.317 e. The van der Waals surface area contributed by atoms with Crippen molar-refractivity contribution in [1.82, 2.24) is 20.0 Å². The Morgan fingerprint density at radius 2 is 2.20 bits per heavy atom. The summed E-state index contributed by atoms with van der Waals surface area (Å²) in [6.07, 6.45) is 4.48. The molecule has 1 aliphatic heterocycles. The summed E-state index contributed by atoms with van der Waals surface area (Å²) < 4.78 is 7.85. The molecule has 25 heavy (non-hydrogen) atoms. The van der Waals surface area contributed by atoms with E-state index < -0.39 is 0 Å². The molecular formula is C19H26N4O2. The molecule has 2 amide bonds. The van der Waals surface area contributed by atoms with Crippen LogP contribution in [0, 0.1) is 6.92 Å². The Kier molecular flexibility index (Phi) is 5.71. The molecule has 0 radical (unpaired) electrons. The van der Waals surface area contributed by atoms with Crippen LogP contribution in [0.3, 0.4) is 0 Å². The van der Waals surface area contributed by atoms with Gasteiger partial charge in [0.1, 0.15) is 6.10 Å². The minimum atomic E-state index is -0.0628. The molecule has 0 bridgehead atoms. The highest BCUT2D eigenvalue weighted by Gasteiger charge is 2.30. The Bertz CT molecular complexity index is 686. The van der Waals surface area contributed by atoms with Gasteiger partial charge in [-0.15, -0.1) is 0 Å². The van der Waals surface area contributed by atoms with Gasteiger partial charge in [0.15, 0.2) is 0 Å². The Morgan fingerprint density at radius 3 is 2.96 bits per heavy atom. The zero-order chi connectivity index (χ0) is 17.6. The number of aryl methyl sites for hydroxylation is 2. The van der Waals surface area contributed by atoms with Crippen LogP contribution < -0.4 is 5.32 Å². The quantitative estimate of drug-likeness (QED) is 0.850. The van der Waals surface area contributed by atoms with Crippen LogP contribution in [0.1, 0.15) is 30.6 Å². The molecule has 6 heteroatoms. The number of benzene rings is 1. The summed E-state index contributed by atoms with van der Waals surface area (Å²) in [4.78, 5) is 14.5. The maximum absolute atomic E-state index is 12.6. The fourth-order valence-corrected chi connectivity index (χ4v) is 3.15. The molecule has 3 rings (SSSR count). The van der Waals surface area contributed by atoms with Crippen LogP contribution in [0.4, 0.5) is 4.79 Å². The number of morpholine rings is 1. The van der Waals surface area contributed by atoms with Crippen LogP contribution in [-0.2, 0) is 11.3 Å². The first-order valence-electron chi connectivity index (χ1n) is 8.84. The van der Waals surface area contributed by atoms with Crippen LogP contribution in [0.2, 0.25) is 0 Å². The highest BCUT2D eigenvalue weighted by atomic mass is 16.5. The van der Waals surface area contributed by atoms with E-state index in [1.54, 1.807) is 6.20 Å². The summed E-state index contributed by atoms with van der Waals surface area (Å²) in [5.41, 5.74) is 2.35. The van der Waals surface area contributed by atoms with Crippen molar-refractivity contribution in [2.75, 3.05) is 19.7 Å². The molecule has 1 saturated heterocycles. The van der Waals surface area contributed by atoms with Gasteiger partial charge in [0.25, 0.3) is 0 Å². The van der Waals surface area contributed by atoms with Crippen LogP contribution in [0.25, 0.3) is 0 Å². The van der Waals surface area contributed by atoms with Gasteiger partial charge in [0.05, 0.1) is 19.2 Å². The number of carbonyl (C=O) groups excluding carboxylic acids is 1. The second kappa shape index (κ2) is 8.16. The molecule has 0 aliphatic carbocycles. The normalized spacial score (nSPS) is 20.5. The number of aromatic nitrogens is 2. The lowest BCUT2D eigenvalue weighted by atomic mass is 10.0. The average Bonchev–Trinajstić information content (AvgIpc) is 3.13. The fourth-order valence-electron chi connectivity index (χ4n) is 3.15. The Hall–Kier alpha value is -2.34. The van der Waals surface area contributed by atoms with E-state index in [2.05, 4.69) is 29.5 Å². The molecule has 2 aromatic rings. The molecule has 134 valence electrons. The Labute approximate surface area is 148 Å². The summed E-state index contributed by atoms with van der Waals surface area (Å²) in [5, 5.41) is 7.19. The zero-order valence-electron chi connectivity index (χ0n) is 14.9. The van der Waals surface area contributed by atoms with Gasteiger partial charge in [-0.25, -0.2) is 4.79 Å². The second-order valence-corrected chi connectivity index (χ2v) is 6.53. The number of carbonyl (C=O) groups is 1. The van der Waals surface area contributed by atoms with Crippen LogP contribution in [-0.4, -0.2) is 46.4 Å². The van der Waals surface area contributed by atoms with E-state index in [1.807, 2.05) is 40.9 Å². The van der Waals surface area contributed by atoms with Gasteiger partial charge in [0, 0.05) is 25.5 Å². The molecule has 2 atom stereocenters. The molecule has 1 N–H and O–H groups in total. The van der Waals surface area contributed by atoms with E-state index in [1.165, 1.54) is 5.56 Å². The van der Waals surface area contributed by atoms with E-state index in [0.29, 0.717) is 19.7 Å². The van der Waals surface area contributed by atoms with Gasteiger partial charge in [-0.1, -0.05) is 24.3 Å². The number of urea groups is 1. The third kappa shape index (κ3) is 4.39. The third-order valence-electron chi connectivity index (χ3n) is 4.63. The van der Waals surface area contributed by atoms with Gasteiger partial charge in [0.2, 0.25) is 0 Å². The summed E-state index contributed by atoms with van der Waals surface area (Å²) in [6, 6.07) is 10.2. The van der Waals surface area contributed by atoms with Crippen molar-refractivity contribution in [1.29, 1.82) is 0 Å². The predicted molar refractivity (Wildman–Crippen MR) is 96.3 cm³/mol. The molecule has 0 saturated carbocycles. The van der Waals surface area contributed by atoms with Crippen LogP contribution in [0.5, 0.6) is 0 Å². The van der Waals surface area contributed by atoms with Crippen molar-refractivity contribution in [3.05, 3.63) is 53.9 Å². The molecule has 0 unspecified atom stereocenters. The van der Waals surface area contributed by atoms with Gasteiger partial charge >= 0.3 is 6.03 Å². The summed E-state index contributed by atoms with van der Waals surface area (Å²) in [7, 11) is 0. The third-order valence-corrected chi connectivity index (χ3v) is 4.63. The smallest absolute Gasteiger partial charge is 0.317 e. The van der Waals surface area contributed by atoms with Crippen molar-refractivity contribution >= 4 is 6.03 Å². The number of nitrogens with one attached hydrogen (secondary N) is 1. The number of nitrogens with zero attached hydrogens (tertiary/aromatic N) is 3. The summed E-state index contributed by atoms with van der Waals surface area (Å²) in [6.45, 7) is 6.68. The number of amides is 2. The molecule has 1 aliphatic rings. The van der Waals surface area contributed by atoms with Crippen molar-refractivity contribution < 1.29 is 9.53 Å². The number of rotatable bonds is 5. The first kappa shape index (κ1) is 17.5. The molecule has 6 nitrogen and oxygen atoms in total. The molecule has 1 aromatic carbocycles. The lowest BCUT2D eigenvalue weighted by molar-refractivity contribution is -0.0430. The van der Waals surface area contributed by atoms with Crippen LogP contribution >= 0.6 is 0 Å². The van der Waals surface area contributed by atoms with Crippen molar-refractivity contribution in [3.63, 3.8) is 0 Å². The van der Waals surface area contributed by atoms with E-state index >= 15 is 0 Å². The topological polar surface area (TPSA) is 59.4 Å². The lowest BCUT2D eigenvalue weighted by Gasteiger charge is -2.38. The molecule has 1 fully saturated rings. The van der Waals surface area contributed by atoms with Gasteiger partial charge in [-0.3, -0.25) is 4.68 Å². The molecular weight excluding hydrogens is 316 g/mol. The second-order valence-electron chi connectivity index (χ2n) is 6.53. The monoisotopic (exact) mass is 342 g/mol. The maximum atomic E-state index is 12.6. The first-order valence-corrected chi connectivity index (χ1v) is 8.84. The first-order chi connectivity index (χ1) is 12.1. The summed E-state index contributed by atoms with van der Waals surface area (Å²) >= 11 is 0. The van der Waals surface area contributed by atoms with E-state index in [-0.39, 0.29) is 18.2 Å². The standard InChI is InChI=1S/C19H26N4O2/c1-15-7-3-4-8-17(15)18-13-23(16(2)14-25-18)19(24)20-9-5-11-22-12-6-10-21-22/h3-4,6-8,10,12,16,18H,5,9,11,13-14H2,1-2H3,(H,20,24)/t16-,18-/m1/s1. The van der Waals surface area contributed by atoms with Crippen molar-refractivity contribution in [2.45, 2.75) is 39.0 Å². The van der Waals surface area contributed by atoms with E-state index in [9.17, 15) is 4.79 Å². The molecule has 2 heterocycles. The molecule has 1 aromatic heterocycles. The Balaban J connectivity index is 1.52. The van der Waals surface area contributed by atoms with E-state index in [4.69, 9.17) is 4.74 Å². The summed E-state index contributed by atoms with van der Waals surface area (Å²) in [5.74, 6) is 0. The minimum Gasteiger partial charge on any atom is -0.370 e. The lowest BCUT2D eigenvalue weighted by Crippen LogP contribution is -2.52. The average molecular weight is 342 g/mol. The SMILES string of the molecule is Cc1ccccc1[C@H]1CN(C(=O)NCCCn2cccn2)[C@H](C)CO1. The number of ether oxygens (including phenoxy) is 1. The highest BCUT2D eigenvalue weighted by molar-refractivity contribution is 5.74. The predicted octanol–water partition coefficient (Wildman–Crippen LogP) is 2.75. The van der Waals surface area contributed by atoms with Gasteiger partial charge < -0.3 is 15.0 Å². The molecule has 0 spiro atoms. The van der Waals surface area contributed by atoms with E-state index in [0.717, 1.165) is 18.5 Å². The zero-order valence-corrected chi connectivity index (χ0v) is 14.9. The largest absolute Gasteiger partial charge is 0.370 e. The fraction of sp³-hybridized carbons (Fsp3) is 0.474. The van der Waals surface area contributed by atoms with Crippen molar-refractivity contribution in [2.24, 2.45) is 0 Å². The van der Waals surface area contributed by atoms with Crippen LogP contribution in [0.15, 0.2) is 42.7 Å². The van der Waals surface area contributed by atoms with Gasteiger partial charge in [-0.2, -0.15) is 5.10 Å². The number of hydrogen-bond donors (Lipinski definition) is 1. The van der Waals surface area contributed by atoms with Gasteiger partial charge in [-0.05, 0) is 37.5 Å². The minimum absolute atomic E-state index is 0.0187. The highest BCUT2D eigenvalue weighted by Crippen LogP contribution is 2.27. The Morgan fingerprint density at radius 1 is 1.36 bits per heavy atom. The number of hydrogen-bond acceptors (Lipinski definition) is 3.